The molecule has 0 radical (unpaired) electrons. The monoisotopic (exact) mass is 406 g/mol. The number of nitrogens with one attached hydrogen (secondary N) is 2. The molecule has 0 saturated carbocycles. The zero-order valence-electron chi connectivity index (χ0n) is 18.6. The molecule has 2 rings (SSSR count). The van der Waals surface area contributed by atoms with E-state index >= 15 is 0 Å². The van der Waals surface area contributed by atoms with E-state index in [0.29, 0.717) is 30.0 Å². The van der Waals surface area contributed by atoms with Crippen LogP contribution in [0.15, 0.2) is 17.1 Å². The molecule has 1 aromatic carbocycles. The van der Waals surface area contributed by atoms with E-state index in [1.54, 1.807) is 19.2 Å². The molecule has 7 heteroatoms. The third-order valence-electron chi connectivity index (χ3n) is 5.58. The van der Waals surface area contributed by atoms with E-state index in [2.05, 4.69) is 34.4 Å². The molecule has 0 aliphatic carbocycles. The van der Waals surface area contributed by atoms with Gasteiger partial charge in [-0.3, -0.25) is 9.89 Å². The molecule has 1 heterocycles. The van der Waals surface area contributed by atoms with Gasteiger partial charge in [-0.05, 0) is 49.5 Å². The zero-order chi connectivity index (χ0) is 21.2. The van der Waals surface area contributed by atoms with Crippen molar-refractivity contribution < 1.29 is 14.6 Å². The van der Waals surface area contributed by atoms with Crippen molar-refractivity contribution in [2.24, 2.45) is 10.9 Å². The third-order valence-corrected chi connectivity index (χ3v) is 5.58. The summed E-state index contributed by atoms with van der Waals surface area (Å²) in [5, 5.41) is 16.9. The van der Waals surface area contributed by atoms with Crippen LogP contribution in [0, 0.1) is 5.92 Å². The fourth-order valence-corrected chi connectivity index (χ4v) is 3.87. The van der Waals surface area contributed by atoms with Gasteiger partial charge in [-0.1, -0.05) is 26.7 Å². The summed E-state index contributed by atoms with van der Waals surface area (Å²) in [7, 11) is 4.84. The Bertz CT molecular complexity index is 630. The van der Waals surface area contributed by atoms with Gasteiger partial charge in [0.25, 0.3) is 0 Å². The average Bonchev–Trinajstić information content (AvgIpc) is 3.00. The molecular formula is C22H38N4O3. The summed E-state index contributed by atoms with van der Waals surface area (Å²) in [4.78, 5) is 7.00. The molecule has 1 unspecified atom stereocenters. The molecule has 0 aromatic heterocycles. The Labute approximate surface area is 175 Å². The Hall–Kier alpha value is -2.15. The maximum Gasteiger partial charge on any atom is 0.200 e. The molecule has 1 aliphatic rings. The standard InChI is InChI=1S/C22H38N4O3/c1-16(2)18(26-10-8-6-7-9-11-26)15-25-22(23-3)24-14-17-12-19(28-4)21(27)20(13-17)29-5/h12-13,16,18,27H,6-11,14-15H2,1-5H3,(H2,23,24,25). The van der Waals surface area contributed by atoms with Crippen LogP contribution in [0.4, 0.5) is 0 Å². The average molecular weight is 407 g/mol. The number of guanidine groups is 1. The molecule has 1 saturated heterocycles. The first-order valence-electron chi connectivity index (χ1n) is 10.6. The van der Waals surface area contributed by atoms with E-state index in [1.165, 1.54) is 53.0 Å². The predicted octanol–water partition coefficient (Wildman–Crippen LogP) is 2.98. The van der Waals surface area contributed by atoms with Gasteiger partial charge >= 0.3 is 0 Å². The molecule has 29 heavy (non-hydrogen) atoms. The Kier molecular flexibility index (Phi) is 9.38. The lowest BCUT2D eigenvalue weighted by Gasteiger charge is -2.34. The molecule has 1 aliphatic heterocycles. The molecule has 1 aromatic rings. The van der Waals surface area contributed by atoms with Crippen LogP contribution in [-0.2, 0) is 6.54 Å². The van der Waals surface area contributed by atoms with Crippen molar-refractivity contribution >= 4 is 5.96 Å². The van der Waals surface area contributed by atoms with E-state index in [0.717, 1.165) is 18.1 Å². The third kappa shape index (κ3) is 6.70. The minimum Gasteiger partial charge on any atom is -0.502 e. The largest absolute Gasteiger partial charge is 0.502 e. The summed E-state index contributed by atoms with van der Waals surface area (Å²) >= 11 is 0. The van der Waals surface area contributed by atoms with Crippen molar-refractivity contribution in [2.45, 2.75) is 52.1 Å². The first kappa shape index (κ1) is 23.1. The fraction of sp³-hybridized carbons (Fsp3) is 0.682. The number of ether oxygens (including phenoxy) is 2. The Morgan fingerprint density at radius 1 is 1.07 bits per heavy atom. The second-order valence-corrected chi connectivity index (χ2v) is 7.92. The van der Waals surface area contributed by atoms with Gasteiger partial charge in [-0.25, -0.2) is 0 Å². The van der Waals surface area contributed by atoms with Crippen LogP contribution >= 0.6 is 0 Å². The number of hydrogen-bond acceptors (Lipinski definition) is 5. The van der Waals surface area contributed by atoms with Crippen LogP contribution in [0.1, 0.15) is 45.1 Å². The summed E-state index contributed by atoms with van der Waals surface area (Å²) in [5.41, 5.74) is 0.937. The van der Waals surface area contributed by atoms with Crippen molar-refractivity contribution in [3.63, 3.8) is 0 Å². The molecular weight excluding hydrogens is 368 g/mol. The van der Waals surface area contributed by atoms with Gasteiger partial charge in [-0.2, -0.15) is 0 Å². The molecule has 3 N–H and O–H groups in total. The first-order valence-corrected chi connectivity index (χ1v) is 10.6. The van der Waals surface area contributed by atoms with Crippen molar-refractivity contribution in [1.29, 1.82) is 0 Å². The van der Waals surface area contributed by atoms with Crippen LogP contribution in [0.5, 0.6) is 17.2 Å². The fourth-order valence-electron chi connectivity index (χ4n) is 3.87. The number of aromatic hydroxyl groups is 1. The quantitative estimate of drug-likeness (QED) is 0.455. The number of hydrogen-bond donors (Lipinski definition) is 3. The number of phenolic OH excluding ortho intramolecular Hbond substituents is 1. The summed E-state index contributed by atoms with van der Waals surface area (Å²) < 4.78 is 10.5. The highest BCUT2D eigenvalue weighted by atomic mass is 16.5. The smallest absolute Gasteiger partial charge is 0.200 e. The second-order valence-electron chi connectivity index (χ2n) is 7.92. The van der Waals surface area contributed by atoms with Gasteiger partial charge in [0.1, 0.15) is 0 Å². The van der Waals surface area contributed by atoms with E-state index < -0.39 is 0 Å². The maximum absolute atomic E-state index is 10.1. The van der Waals surface area contributed by atoms with Gasteiger partial charge in [0.2, 0.25) is 5.75 Å². The van der Waals surface area contributed by atoms with E-state index in [-0.39, 0.29) is 5.75 Å². The molecule has 0 spiro atoms. The van der Waals surface area contributed by atoms with Gasteiger partial charge in [0, 0.05) is 26.2 Å². The Balaban J connectivity index is 1.96. The highest BCUT2D eigenvalue weighted by Gasteiger charge is 2.23. The van der Waals surface area contributed by atoms with E-state index in [9.17, 15) is 5.11 Å². The molecule has 164 valence electrons. The van der Waals surface area contributed by atoms with Crippen LogP contribution < -0.4 is 20.1 Å². The minimum atomic E-state index is 0.0125. The normalized spacial score (nSPS) is 17.0. The minimum absolute atomic E-state index is 0.0125. The number of nitrogens with zero attached hydrogens (tertiary/aromatic N) is 2. The molecule has 1 fully saturated rings. The summed E-state index contributed by atoms with van der Waals surface area (Å²) in [6.07, 6.45) is 5.27. The van der Waals surface area contributed by atoms with Gasteiger partial charge in [-0.15, -0.1) is 0 Å². The summed E-state index contributed by atoms with van der Waals surface area (Å²) in [6.45, 7) is 8.36. The summed E-state index contributed by atoms with van der Waals surface area (Å²) in [6, 6.07) is 4.08. The Morgan fingerprint density at radius 2 is 1.66 bits per heavy atom. The number of likely N-dealkylation sites (tertiary alicyclic amines) is 1. The number of phenols is 1. The van der Waals surface area contributed by atoms with Crippen LogP contribution in [0.3, 0.4) is 0 Å². The van der Waals surface area contributed by atoms with Crippen LogP contribution in [0.25, 0.3) is 0 Å². The molecule has 7 nitrogen and oxygen atoms in total. The van der Waals surface area contributed by atoms with Gasteiger partial charge in [0.15, 0.2) is 17.5 Å². The van der Waals surface area contributed by atoms with Gasteiger partial charge in [0.05, 0.1) is 14.2 Å². The SMILES string of the molecule is CN=C(NCc1cc(OC)c(O)c(OC)c1)NCC(C(C)C)N1CCCCCC1. The second kappa shape index (κ2) is 11.8. The number of benzene rings is 1. The topological polar surface area (TPSA) is 78.4 Å². The Morgan fingerprint density at radius 3 is 2.14 bits per heavy atom. The molecule has 0 bridgehead atoms. The first-order chi connectivity index (χ1) is 14.0. The zero-order valence-corrected chi connectivity index (χ0v) is 18.6. The predicted molar refractivity (Wildman–Crippen MR) is 118 cm³/mol. The van der Waals surface area contributed by atoms with Crippen molar-refractivity contribution in [1.82, 2.24) is 15.5 Å². The highest BCUT2D eigenvalue weighted by Crippen LogP contribution is 2.37. The van der Waals surface area contributed by atoms with Crippen molar-refractivity contribution in [2.75, 3.05) is 40.9 Å². The number of aliphatic imine (C=N–C) groups is 1. The van der Waals surface area contributed by atoms with Crippen LogP contribution in [0.2, 0.25) is 0 Å². The number of rotatable bonds is 8. The van der Waals surface area contributed by atoms with Crippen LogP contribution in [-0.4, -0.2) is 62.9 Å². The maximum atomic E-state index is 10.1. The lowest BCUT2D eigenvalue weighted by Crippen LogP contribution is -2.49. The molecule has 1 atom stereocenters. The number of methoxy groups -OCH3 is 2. The van der Waals surface area contributed by atoms with E-state index in [1.807, 2.05) is 0 Å². The van der Waals surface area contributed by atoms with Crippen molar-refractivity contribution in [3.8, 4) is 17.2 Å². The lowest BCUT2D eigenvalue weighted by atomic mass is 10.0. The summed E-state index contributed by atoms with van der Waals surface area (Å²) in [5.74, 6) is 2.13. The van der Waals surface area contributed by atoms with E-state index in [4.69, 9.17) is 9.47 Å². The lowest BCUT2D eigenvalue weighted by molar-refractivity contribution is 0.161. The molecule has 0 amide bonds. The van der Waals surface area contributed by atoms with Gasteiger partial charge < -0.3 is 25.2 Å². The highest BCUT2D eigenvalue weighted by molar-refractivity contribution is 5.79. The van der Waals surface area contributed by atoms with Crippen molar-refractivity contribution in [3.05, 3.63) is 17.7 Å².